The third kappa shape index (κ3) is 4.22. The van der Waals surface area contributed by atoms with E-state index in [9.17, 15) is 9.59 Å². The van der Waals surface area contributed by atoms with Gasteiger partial charge < -0.3 is 11.1 Å². The van der Waals surface area contributed by atoms with E-state index in [1.54, 1.807) is 6.08 Å². The third-order valence-electron chi connectivity index (χ3n) is 3.63. The first kappa shape index (κ1) is 17.0. The quantitative estimate of drug-likeness (QED) is 0.704. The van der Waals surface area contributed by atoms with Gasteiger partial charge in [0, 0.05) is 18.5 Å². The monoisotopic (exact) mass is 288 g/mol. The summed E-state index contributed by atoms with van der Waals surface area (Å²) in [7, 11) is 0. The molecule has 1 atom stereocenters. The van der Waals surface area contributed by atoms with Crippen LogP contribution in [0.4, 0.5) is 0 Å². The molecule has 2 amide bonds. The number of allylic oxidation sites excluding steroid dienone is 2. The van der Waals surface area contributed by atoms with Crippen molar-refractivity contribution in [1.29, 1.82) is 0 Å². The van der Waals surface area contributed by atoms with Gasteiger partial charge in [-0.15, -0.1) is 12.3 Å². The van der Waals surface area contributed by atoms with Crippen molar-refractivity contribution in [2.45, 2.75) is 46.0 Å². The van der Waals surface area contributed by atoms with E-state index in [0.717, 1.165) is 18.4 Å². The van der Waals surface area contributed by atoms with E-state index in [1.165, 1.54) is 0 Å². The van der Waals surface area contributed by atoms with E-state index in [2.05, 4.69) is 11.2 Å². The van der Waals surface area contributed by atoms with E-state index < -0.39 is 11.3 Å². The summed E-state index contributed by atoms with van der Waals surface area (Å²) in [6.07, 6.45) is 12.1. The van der Waals surface area contributed by atoms with Gasteiger partial charge in [-0.1, -0.05) is 26.3 Å². The number of terminal acetylenes is 1. The Labute approximate surface area is 126 Å². The predicted octanol–water partition coefficient (Wildman–Crippen LogP) is 2.06. The fourth-order valence-corrected chi connectivity index (χ4v) is 2.72. The summed E-state index contributed by atoms with van der Waals surface area (Å²) in [4.78, 5) is 24.2. The maximum Gasteiger partial charge on any atom is 0.244 e. The molecule has 0 spiro atoms. The number of rotatable bonds is 7. The zero-order valence-electron chi connectivity index (χ0n) is 12.9. The lowest BCUT2D eigenvalue weighted by atomic mass is 9.72. The van der Waals surface area contributed by atoms with Gasteiger partial charge in [-0.3, -0.25) is 9.59 Å². The van der Waals surface area contributed by atoms with E-state index in [1.807, 2.05) is 19.9 Å². The summed E-state index contributed by atoms with van der Waals surface area (Å²) >= 11 is 0. The first-order chi connectivity index (χ1) is 9.99. The van der Waals surface area contributed by atoms with Gasteiger partial charge in [-0.05, 0) is 30.9 Å². The lowest BCUT2D eigenvalue weighted by Gasteiger charge is -2.33. The van der Waals surface area contributed by atoms with Crippen molar-refractivity contribution in [1.82, 2.24) is 5.32 Å². The number of amides is 2. The summed E-state index contributed by atoms with van der Waals surface area (Å²) in [5, 5.41) is 2.94. The molecule has 0 fully saturated rings. The van der Waals surface area contributed by atoms with Gasteiger partial charge in [-0.2, -0.15) is 0 Å². The second-order valence-electron chi connectivity index (χ2n) is 5.47. The zero-order valence-corrected chi connectivity index (χ0v) is 12.9. The van der Waals surface area contributed by atoms with Crippen LogP contribution in [0.3, 0.4) is 0 Å². The fourth-order valence-electron chi connectivity index (χ4n) is 2.72. The molecule has 114 valence electrons. The molecule has 4 heteroatoms. The molecule has 0 aliphatic heterocycles. The van der Waals surface area contributed by atoms with Gasteiger partial charge in [0.2, 0.25) is 11.8 Å². The molecular formula is C17H24N2O2. The molecule has 21 heavy (non-hydrogen) atoms. The van der Waals surface area contributed by atoms with Gasteiger partial charge in [-0.25, -0.2) is 0 Å². The van der Waals surface area contributed by atoms with Crippen LogP contribution in [0.25, 0.3) is 0 Å². The Morgan fingerprint density at radius 1 is 1.43 bits per heavy atom. The molecule has 0 aromatic heterocycles. The number of nitrogens with two attached hydrogens (primary N) is 1. The van der Waals surface area contributed by atoms with Gasteiger partial charge in [0.25, 0.3) is 0 Å². The highest BCUT2D eigenvalue weighted by molar-refractivity contribution is 5.95. The zero-order chi connectivity index (χ0) is 15.9. The molecular weight excluding hydrogens is 264 g/mol. The van der Waals surface area contributed by atoms with Crippen LogP contribution in [-0.2, 0) is 9.59 Å². The number of carbonyl (C=O) groups is 2. The normalized spacial score (nSPS) is 21.0. The number of hydrogen-bond donors (Lipinski definition) is 2. The molecule has 0 aromatic rings. The molecule has 1 rings (SSSR count). The second kappa shape index (κ2) is 7.68. The van der Waals surface area contributed by atoms with Gasteiger partial charge >= 0.3 is 0 Å². The number of hydrogen-bond acceptors (Lipinski definition) is 2. The van der Waals surface area contributed by atoms with Crippen molar-refractivity contribution in [2.75, 3.05) is 6.54 Å². The molecule has 0 saturated heterocycles. The third-order valence-corrected chi connectivity index (χ3v) is 3.63. The summed E-state index contributed by atoms with van der Waals surface area (Å²) in [5.41, 5.74) is 6.00. The van der Waals surface area contributed by atoms with Crippen molar-refractivity contribution in [3.63, 3.8) is 0 Å². The van der Waals surface area contributed by atoms with Gasteiger partial charge in [0.05, 0.1) is 5.41 Å². The highest BCUT2D eigenvalue weighted by atomic mass is 16.2. The van der Waals surface area contributed by atoms with Crippen molar-refractivity contribution in [3.8, 4) is 12.3 Å². The summed E-state index contributed by atoms with van der Waals surface area (Å²) in [6.45, 7) is 4.64. The second-order valence-corrected chi connectivity index (χ2v) is 5.47. The summed E-state index contributed by atoms with van der Waals surface area (Å²) in [5.74, 6) is 2.03. The first-order valence-electron chi connectivity index (χ1n) is 7.43. The van der Waals surface area contributed by atoms with Crippen molar-refractivity contribution in [2.24, 2.45) is 11.1 Å². The van der Waals surface area contributed by atoms with E-state index in [4.69, 9.17) is 12.2 Å². The first-order valence-corrected chi connectivity index (χ1v) is 7.43. The molecule has 1 unspecified atom stereocenters. The standard InChI is InChI=1S/C17H24N2O2/c1-4-7-13-10-14(15(18)20)12-17(11-13,8-5-2)16(21)19-9-6-3/h1,10-11H,5-9,12H2,2-3H3,(H2,18,20)(H,19,21). The molecule has 0 aromatic carbocycles. The van der Waals surface area contributed by atoms with Crippen LogP contribution in [0.15, 0.2) is 23.3 Å². The maximum absolute atomic E-state index is 12.6. The smallest absolute Gasteiger partial charge is 0.244 e. The topological polar surface area (TPSA) is 72.2 Å². The van der Waals surface area contributed by atoms with Crippen molar-refractivity contribution in [3.05, 3.63) is 23.3 Å². The lowest BCUT2D eigenvalue weighted by Crippen LogP contribution is -2.42. The number of nitrogens with one attached hydrogen (secondary N) is 1. The van der Waals surface area contributed by atoms with E-state index in [0.29, 0.717) is 31.4 Å². The van der Waals surface area contributed by atoms with E-state index >= 15 is 0 Å². The summed E-state index contributed by atoms with van der Waals surface area (Å²) < 4.78 is 0. The van der Waals surface area contributed by atoms with Crippen LogP contribution in [0, 0.1) is 17.8 Å². The van der Waals surface area contributed by atoms with Crippen LogP contribution < -0.4 is 11.1 Å². The van der Waals surface area contributed by atoms with Crippen LogP contribution in [-0.4, -0.2) is 18.4 Å². The molecule has 1 aliphatic rings. The van der Waals surface area contributed by atoms with Gasteiger partial charge in [0.1, 0.15) is 0 Å². The molecule has 3 N–H and O–H groups in total. The van der Waals surface area contributed by atoms with Crippen molar-refractivity contribution >= 4 is 11.8 Å². The Kier molecular flexibility index (Phi) is 6.23. The Hall–Kier alpha value is -2.02. The Morgan fingerprint density at radius 3 is 2.67 bits per heavy atom. The average molecular weight is 288 g/mol. The summed E-state index contributed by atoms with van der Waals surface area (Å²) in [6, 6.07) is 0. The lowest BCUT2D eigenvalue weighted by molar-refractivity contribution is -0.129. The average Bonchev–Trinajstić information content (AvgIpc) is 2.45. The van der Waals surface area contributed by atoms with Crippen LogP contribution in [0.1, 0.15) is 46.0 Å². The van der Waals surface area contributed by atoms with Crippen LogP contribution in [0.5, 0.6) is 0 Å². The largest absolute Gasteiger partial charge is 0.366 e. The minimum atomic E-state index is -0.713. The highest BCUT2D eigenvalue weighted by Gasteiger charge is 2.39. The Bertz CT molecular complexity index is 511. The molecule has 4 nitrogen and oxygen atoms in total. The Balaban J connectivity index is 3.17. The number of carbonyl (C=O) groups excluding carboxylic acids is 2. The SMILES string of the molecule is C#CCC1=CC(CCC)(C(=O)NCCC)CC(C(N)=O)=C1. The Morgan fingerprint density at radius 2 is 2.14 bits per heavy atom. The number of primary amides is 1. The van der Waals surface area contributed by atoms with Crippen molar-refractivity contribution < 1.29 is 9.59 Å². The van der Waals surface area contributed by atoms with Crippen LogP contribution in [0.2, 0.25) is 0 Å². The molecule has 0 radical (unpaired) electrons. The minimum absolute atomic E-state index is 0.0485. The predicted molar refractivity (Wildman–Crippen MR) is 84.1 cm³/mol. The van der Waals surface area contributed by atoms with Crippen LogP contribution >= 0.6 is 0 Å². The maximum atomic E-state index is 12.6. The fraction of sp³-hybridized carbons (Fsp3) is 0.529. The molecule has 0 saturated carbocycles. The highest BCUT2D eigenvalue weighted by Crippen LogP contribution is 2.39. The van der Waals surface area contributed by atoms with Gasteiger partial charge in [0.15, 0.2) is 0 Å². The molecule has 0 heterocycles. The molecule has 1 aliphatic carbocycles. The van der Waals surface area contributed by atoms with E-state index in [-0.39, 0.29) is 5.91 Å². The molecule has 0 bridgehead atoms. The minimum Gasteiger partial charge on any atom is -0.366 e.